The van der Waals surface area contributed by atoms with Crippen molar-refractivity contribution in [2.45, 2.75) is 26.3 Å². The lowest BCUT2D eigenvalue weighted by atomic mass is 10.0. The molecule has 0 amide bonds. The number of hydrogen-bond donors (Lipinski definition) is 1. The van der Waals surface area contributed by atoms with Crippen molar-refractivity contribution in [3.05, 3.63) is 35.4 Å². The number of rotatable bonds is 10. The van der Waals surface area contributed by atoms with E-state index in [1.807, 2.05) is 7.05 Å². The van der Waals surface area contributed by atoms with Gasteiger partial charge in [-0.1, -0.05) is 31.2 Å². The average molecular weight is 277 g/mol. The van der Waals surface area contributed by atoms with E-state index in [0.29, 0.717) is 0 Å². The molecule has 0 atom stereocenters. The molecule has 20 heavy (non-hydrogen) atoms. The minimum atomic E-state index is 1.05. The van der Waals surface area contributed by atoms with Crippen LogP contribution in [0.1, 0.15) is 24.5 Å². The molecule has 0 aliphatic carbocycles. The van der Waals surface area contributed by atoms with Crippen LogP contribution in [0.3, 0.4) is 0 Å². The van der Waals surface area contributed by atoms with Gasteiger partial charge in [-0.3, -0.25) is 4.90 Å². The molecular formula is C17H31N3. The fraction of sp³-hybridized carbons (Fsp3) is 0.647. The average Bonchev–Trinajstić information content (AvgIpc) is 2.44. The highest BCUT2D eigenvalue weighted by molar-refractivity contribution is 5.27. The molecule has 1 rings (SSSR count). The Balaban J connectivity index is 2.55. The zero-order chi connectivity index (χ0) is 14.8. The molecular weight excluding hydrogens is 246 g/mol. The molecule has 1 aromatic rings. The van der Waals surface area contributed by atoms with Gasteiger partial charge in [-0.25, -0.2) is 0 Å². The van der Waals surface area contributed by atoms with Gasteiger partial charge >= 0.3 is 0 Å². The van der Waals surface area contributed by atoms with Crippen molar-refractivity contribution >= 4 is 0 Å². The van der Waals surface area contributed by atoms with E-state index in [1.54, 1.807) is 0 Å². The van der Waals surface area contributed by atoms with Gasteiger partial charge in [0.25, 0.3) is 0 Å². The highest BCUT2D eigenvalue weighted by atomic mass is 15.1. The van der Waals surface area contributed by atoms with Gasteiger partial charge in [0, 0.05) is 6.54 Å². The summed E-state index contributed by atoms with van der Waals surface area (Å²) in [6.07, 6.45) is 2.35. The van der Waals surface area contributed by atoms with Gasteiger partial charge in [0.15, 0.2) is 0 Å². The van der Waals surface area contributed by atoms with Crippen LogP contribution in [0.2, 0.25) is 0 Å². The van der Waals surface area contributed by atoms with Gasteiger partial charge in [0.2, 0.25) is 0 Å². The molecule has 0 bridgehead atoms. The van der Waals surface area contributed by atoms with Crippen LogP contribution in [-0.2, 0) is 13.0 Å². The third kappa shape index (κ3) is 6.51. The smallest absolute Gasteiger partial charge is 0.0236 e. The molecule has 0 spiro atoms. The zero-order valence-electron chi connectivity index (χ0n) is 13.7. The second-order valence-corrected chi connectivity index (χ2v) is 5.65. The maximum Gasteiger partial charge on any atom is 0.0236 e. The maximum absolute atomic E-state index is 3.24. The molecule has 0 fully saturated rings. The summed E-state index contributed by atoms with van der Waals surface area (Å²) in [5, 5.41) is 3.24. The van der Waals surface area contributed by atoms with Crippen LogP contribution in [0.5, 0.6) is 0 Å². The SMILES string of the molecule is CCN(CCCN(C)C)Cc1ccccc1CCNC. The van der Waals surface area contributed by atoms with Crippen molar-refractivity contribution < 1.29 is 0 Å². The second-order valence-electron chi connectivity index (χ2n) is 5.65. The Labute approximate surface area is 125 Å². The highest BCUT2D eigenvalue weighted by Crippen LogP contribution is 2.12. The van der Waals surface area contributed by atoms with E-state index >= 15 is 0 Å². The quantitative estimate of drug-likeness (QED) is 0.707. The van der Waals surface area contributed by atoms with Crippen molar-refractivity contribution in [2.24, 2.45) is 0 Å². The number of likely N-dealkylation sites (N-methyl/N-ethyl adjacent to an activating group) is 1. The first-order valence-electron chi connectivity index (χ1n) is 7.75. The van der Waals surface area contributed by atoms with Gasteiger partial charge < -0.3 is 10.2 Å². The maximum atomic E-state index is 3.24. The molecule has 1 aromatic carbocycles. The lowest BCUT2D eigenvalue weighted by Gasteiger charge is -2.23. The van der Waals surface area contributed by atoms with E-state index in [9.17, 15) is 0 Å². The van der Waals surface area contributed by atoms with E-state index in [1.165, 1.54) is 24.1 Å². The Kier molecular flexibility index (Phi) is 8.51. The summed E-state index contributed by atoms with van der Waals surface area (Å²) in [4.78, 5) is 4.80. The number of nitrogens with zero attached hydrogens (tertiary/aromatic N) is 2. The topological polar surface area (TPSA) is 18.5 Å². The van der Waals surface area contributed by atoms with E-state index in [-0.39, 0.29) is 0 Å². The van der Waals surface area contributed by atoms with Crippen molar-refractivity contribution in [1.29, 1.82) is 0 Å². The monoisotopic (exact) mass is 277 g/mol. The van der Waals surface area contributed by atoms with Gasteiger partial charge in [-0.05, 0) is 71.3 Å². The Morgan fingerprint density at radius 2 is 1.75 bits per heavy atom. The molecule has 1 N–H and O–H groups in total. The molecule has 0 aliphatic heterocycles. The molecule has 0 aliphatic rings. The molecule has 114 valence electrons. The summed E-state index contributed by atoms with van der Waals surface area (Å²) in [6, 6.07) is 8.85. The van der Waals surface area contributed by atoms with Crippen LogP contribution >= 0.6 is 0 Å². The van der Waals surface area contributed by atoms with Crippen LogP contribution in [0.25, 0.3) is 0 Å². The van der Waals surface area contributed by atoms with Gasteiger partial charge in [-0.15, -0.1) is 0 Å². The summed E-state index contributed by atoms with van der Waals surface area (Å²) in [5.74, 6) is 0. The highest BCUT2D eigenvalue weighted by Gasteiger charge is 2.07. The van der Waals surface area contributed by atoms with Crippen LogP contribution in [0, 0.1) is 0 Å². The van der Waals surface area contributed by atoms with E-state index in [2.05, 4.69) is 60.4 Å². The third-order valence-electron chi connectivity index (χ3n) is 3.68. The molecule has 0 unspecified atom stereocenters. The first kappa shape index (κ1) is 17.2. The molecule has 3 nitrogen and oxygen atoms in total. The van der Waals surface area contributed by atoms with Crippen molar-refractivity contribution in [2.75, 3.05) is 47.3 Å². The van der Waals surface area contributed by atoms with Gasteiger partial charge in [-0.2, -0.15) is 0 Å². The predicted octanol–water partition coefficient (Wildman–Crippen LogP) is 2.22. The van der Waals surface area contributed by atoms with E-state index in [4.69, 9.17) is 0 Å². The molecule has 0 aromatic heterocycles. The minimum absolute atomic E-state index is 1.05. The number of benzene rings is 1. The van der Waals surface area contributed by atoms with Gasteiger partial charge in [0.1, 0.15) is 0 Å². The summed E-state index contributed by atoms with van der Waals surface area (Å²) in [5.41, 5.74) is 2.96. The van der Waals surface area contributed by atoms with Crippen molar-refractivity contribution in [3.63, 3.8) is 0 Å². The third-order valence-corrected chi connectivity index (χ3v) is 3.68. The van der Waals surface area contributed by atoms with Crippen LogP contribution < -0.4 is 5.32 Å². The standard InChI is InChI=1S/C17H31N3/c1-5-20(14-8-13-19(3)4)15-17-10-7-6-9-16(17)11-12-18-2/h6-7,9-10,18H,5,8,11-15H2,1-4H3. The van der Waals surface area contributed by atoms with E-state index in [0.717, 1.165) is 32.6 Å². The Morgan fingerprint density at radius 1 is 1.05 bits per heavy atom. The molecule has 3 heteroatoms. The molecule has 0 saturated carbocycles. The fourth-order valence-electron chi connectivity index (χ4n) is 2.42. The van der Waals surface area contributed by atoms with E-state index < -0.39 is 0 Å². The minimum Gasteiger partial charge on any atom is -0.319 e. The second kappa shape index (κ2) is 9.92. The molecule has 0 heterocycles. The number of hydrogen-bond acceptors (Lipinski definition) is 3. The number of nitrogens with one attached hydrogen (secondary N) is 1. The molecule has 0 radical (unpaired) electrons. The van der Waals surface area contributed by atoms with Crippen LogP contribution in [0.15, 0.2) is 24.3 Å². The Morgan fingerprint density at radius 3 is 2.35 bits per heavy atom. The van der Waals surface area contributed by atoms with Crippen molar-refractivity contribution in [1.82, 2.24) is 15.1 Å². The summed E-state index contributed by atoms with van der Waals surface area (Å²) in [7, 11) is 6.30. The van der Waals surface area contributed by atoms with Crippen LogP contribution in [0.4, 0.5) is 0 Å². The summed E-state index contributed by atoms with van der Waals surface area (Å²) in [6.45, 7) is 7.83. The normalized spacial score (nSPS) is 11.5. The predicted molar refractivity (Wildman–Crippen MR) is 88.2 cm³/mol. The lowest BCUT2D eigenvalue weighted by molar-refractivity contribution is 0.258. The first-order chi connectivity index (χ1) is 9.67. The Bertz CT molecular complexity index is 363. The van der Waals surface area contributed by atoms with Gasteiger partial charge in [0.05, 0.1) is 0 Å². The fourth-order valence-corrected chi connectivity index (χ4v) is 2.42. The zero-order valence-corrected chi connectivity index (χ0v) is 13.7. The largest absolute Gasteiger partial charge is 0.319 e. The lowest BCUT2D eigenvalue weighted by Crippen LogP contribution is -2.27. The summed E-state index contributed by atoms with van der Waals surface area (Å²) < 4.78 is 0. The summed E-state index contributed by atoms with van der Waals surface area (Å²) >= 11 is 0. The molecule has 0 saturated heterocycles. The van der Waals surface area contributed by atoms with Crippen LogP contribution in [-0.4, -0.2) is 57.1 Å². The Hall–Kier alpha value is -0.900. The van der Waals surface area contributed by atoms with Crippen molar-refractivity contribution in [3.8, 4) is 0 Å². The first-order valence-corrected chi connectivity index (χ1v) is 7.75.